The maximum atomic E-state index is 11.3. The number of pyridine rings is 1. The molecule has 0 aliphatic rings. The van der Waals surface area contributed by atoms with Crippen LogP contribution in [-0.2, 0) is 11.2 Å². The average molecular weight is 194 g/mol. The van der Waals surface area contributed by atoms with Gasteiger partial charge >= 0.3 is 0 Å². The molecular formula is C10H14N2O2. The summed E-state index contributed by atoms with van der Waals surface area (Å²) >= 11 is 0. The SMILES string of the molecule is C[C@@H](CO)NC(=O)Cc1cccnc1. The first-order chi connectivity index (χ1) is 6.72. The number of carbonyl (C=O) groups excluding carboxylic acids is 1. The van der Waals surface area contributed by atoms with E-state index < -0.39 is 0 Å². The van der Waals surface area contributed by atoms with Gasteiger partial charge in [0.25, 0.3) is 0 Å². The second-order valence-electron chi connectivity index (χ2n) is 3.19. The van der Waals surface area contributed by atoms with Crippen LogP contribution < -0.4 is 5.32 Å². The topological polar surface area (TPSA) is 62.2 Å². The van der Waals surface area contributed by atoms with E-state index in [2.05, 4.69) is 10.3 Å². The molecule has 1 aromatic heterocycles. The molecule has 1 rings (SSSR count). The van der Waals surface area contributed by atoms with E-state index in [0.29, 0.717) is 6.42 Å². The van der Waals surface area contributed by atoms with Crippen molar-refractivity contribution in [3.63, 3.8) is 0 Å². The van der Waals surface area contributed by atoms with Crippen molar-refractivity contribution in [1.29, 1.82) is 0 Å². The molecule has 1 atom stereocenters. The van der Waals surface area contributed by atoms with E-state index in [0.717, 1.165) is 5.56 Å². The molecule has 0 unspecified atom stereocenters. The van der Waals surface area contributed by atoms with Crippen molar-refractivity contribution in [2.24, 2.45) is 0 Å². The smallest absolute Gasteiger partial charge is 0.224 e. The predicted octanol–water partition coefficient (Wildman–Crippen LogP) is 0.121. The lowest BCUT2D eigenvalue weighted by atomic mass is 10.2. The van der Waals surface area contributed by atoms with Gasteiger partial charge in [0.15, 0.2) is 0 Å². The van der Waals surface area contributed by atoms with Gasteiger partial charge in [-0.2, -0.15) is 0 Å². The van der Waals surface area contributed by atoms with E-state index in [4.69, 9.17) is 5.11 Å². The molecule has 1 amide bonds. The Morgan fingerprint density at radius 3 is 3.07 bits per heavy atom. The fraction of sp³-hybridized carbons (Fsp3) is 0.400. The van der Waals surface area contributed by atoms with Crippen LogP contribution >= 0.6 is 0 Å². The van der Waals surface area contributed by atoms with Gasteiger partial charge in [-0.05, 0) is 18.6 Å². The molecule has 0 saturated heterocycles. The van der Waals surface area contributed by atoms with Crippen LogP contribution in [0.5, 0.6) is 0 Å². The Hall–Kier alpha value is -1.42. The van der Waals surface area contributed by atoms with E-state index in [1.807, 2.05) is 6.07 Å². The fourth-order valence-corrected chi connectivity index (χ4v) is 1.06. The van der Waals surface area contributed by atoms with Gasteiger partial charge in [-0.15, -0.1) is 0 Å². The summed E-state index contributed by atoms with van der Waals surface area (Å²) in [4.78, 5) is 15.2. The number of hydrogen-bond acceptors (Lipinski definition) is 3. The van der Waals surface area contributed by atoms with Crippen molar-refractivity contribution in [2.45, 2.75) is 19.4 Å². The highest BCUT2D eigenvalue weighted by molar-refractivity contribution is 5.78. The molecule has 4 heteroatoms. The Balaban J connectivity index is 2.42. The average Bonchev–Trinajstić information content (AvgIpc) is 2.19. The third-order valence-corrected chi connectivity index (χ3v) is 1.77. The first kappa shape index (κ1) is 10.7. The van der Waals surface area contributed by atoms with Crippen LogP contribution in [0.15, 0.2) is 24.5 Å². The number of aliphatic hydroxyl groups is 1. The van der Waals surface area contributed by atoms with Crippen molar-refractivity contribution in [2.75, 3.05) is 6.61 Å². The zero-order valence-corrected chi connectivity index (χ0v) is 8.10. The molecule has 4 nitrogen and oxygen atoms in total. The molecule has 0 fully saturated rings. The Bertz CT molecular complexity index is 287. The number of aromatic nitrogens is 1. The number of rotatable bonds is 4. The molecule has 0 bridgehead atoms. The second-order valence-corrected chi connectivity index (χ2v) is 3.19. The zero-order chi connectivity index (χ0) is 10.4. The summed E-state index contributed by atoms with van der Waals surface area (Å²) in [6, 6.07) is 3.44. The summed E-state index contributed by atoms with van der Waals surface area (Å²) in [6.07, 6.45) is 3.62. The lowest BCUT2D eigenvalue weighted by molar-refractivity contribution is -0.121. The third kappa shape index (κ3) is 3.53. The molecule has 0 aromatic carbocycles. The standard InChI is InChI=1S/C10H14N2O2/c1-8(7-13)12-10(14)5-9-3-2-4-11-6-9/h2-4,6,8,13H,5,7H2,1H3,(H,12,14)/t8-/m0/s1. The lowest BCUT2D eigenvalue weighted by Gasteiger charge is -2.10. The van der Waals surface area contributed by atoms with E-state index in [9.17, 15) is 4.79 Å². The minimum Gasteiger partial charge on any atom is -0.394 e. The normalized spacial score (nSPS) is 12.1. The second kappa shape index (κ2) is 5.34. The van der Waals surface area contributed by atoms with E-state index in [-0.39, 0.29) is 18.6 Å². The van der Waals surface area contributed by atoms with Crippen LogP contribution in [0.2, 0.25) is 0 Å². The van der Waals surface area contributed by atoms with Crippen molar-refractivity contribution in [1.82, 2.24) is 10.3 Å². The molecule has 76 valence electrons. The van der Waals surface area contributed by atoms with Gasteiger partial charge in [-0.25, -0.2) is 0 Å². The molecule has 1 aromatic rings. The number of carbonyl (C=O) groups is 1. The van der Waals surface area contributed by atoms with Crippen LogP contribution in [0.1, 0.15) is 12.5 Å². The summed E-state index contributed by atoms with van der Waals surface area (Å²) in [5, 5.41) is 11.4. The molecule has 14 heavy (non-hydrogen) atoms. The van der Waals surface area contributed by atoms with Gasteiger partial charge in [0.05, 0.1) is 13.0 Å². The summed E-state index contributed by atoms with van der Waals surface area (Å²) < 4.78 is 0. The summed E-state index contributed by atoms with van der Waals surface area (Å²) in [7, 11) is 0. The molecular weight excluding hydrogens is 180 g/mol. The molecule has 0 aliphatic carbocycles. The quantitative estimate of drug-likeness (QED) is 0.715. The summed E-state index contributed by atoms with van der Waals surface area (Å²) in [6.45, 7) is 1.71. The first-order valence-corrected chi connectivity index (χ1v) is 4.51. The summed E-state index contributed by atoms with van der Waals surface area (Å²) in [5.74, 6) is -0.0976. The zero-order valence-electron chi connectivity index (χ0n) is 8.10. The van der Waals surface area contributed by atoms with Gasteiger partial charge in [-0.3, -0.25) is 9.78 Å². The van der Waals surface area contributed by atoms with Crippen LogP contribution in [0.25, 0.3) is 0 Å². The van der Waals surface area contributed by atoms with Crippen molar-refractivity contribution in [3.05, 3.63) is 30.1 Å². The van der Waals surface area contributed by atoms with Gasteiger partial charge < -0.3 is 10.4 Å². The number of nitrogens with one attached hydrogen (secondary N) is 1. The van der Waals surface area contributed by atoms with Gasteiger partial charge in [0.2, 0.25) is 5.91 Å². The van der Waals surface area contributed by atoms with Crippen LogP contribution in [0, 0.1) is 0 Å². The van der Waals surface area contributed by atoms with Crippen molar-refractivity contribution >= 4 is 5.91 Å². The molecule has 0 saturated carbocycles. The molecule has 2 N–H and O–H groups in total. The monoisotopic (exact) mass is 194 g/mol. The minimum atomic E-state index is -0.195. The largest absolute Gasteiger partial charge is 0.394 e. The third-order valence-electron chi connectivity index (χ3n) is 1.77. The summed E-state index contributed by atoms with van der Waals surface area (Å²) in [5.41, 5.74) is 0.870. The van der Waals surface area contributed by atoms with Crippen molar-refractivity contribution in [3.8, 4) is 0 Å². The van der Waals surface area contributed by atoms with Gasteiger partial charge in [0, 0.05) is 18.4 Å². The van der Waals surface area contributed by atoms with E-state index >= 15 is 0 Å². The van der Waals surface area contributed by atoms with Crippen LogP contribution in [0.3, 0.4) is 0 Å². The Kier molecular flexibility index (Phi) is 4.07. The highest BCUT2D eigenvalue weighted by Gasteiger charge is 2.06. The Morgan fingerprint density at radius 1 is 1.71 bits per heavy atom. The number of aliphatic hydroxyl groups excluding tert-OH is 1. The van der Waals surface area contributed by atoms with E-state index in [1.54, 1.807) is 25.4 Å². The molecule has 0 spiro atoms. The van der Waals surface area contributed by atoms with Gasteiger partial charge in [0.1, 0.15) is 0 Å². The van der Waals surface area contributed by atoms with Crippen LogP contribution in [0.4, 0.5) is 0 Å². The number of amides is 1. The fourth-order valence-electron chi connectivity index (χ4n) is 1.06. The lowest BCUT2D eigenvalue weighted by Crippen LogP contribution is -2.35. The first-order valence-electron chi connectivity index (χ1n) is 4.51. The maximum Gasteiger partial charge on any atom is 0.224 e. The molecule has 1 heterocycles. The Morgan fingerprint density at radius 2 is 2.50 bits per heavy atom. The molecule has 0 radical (unpaired) electrons. The van der Waals surface area contributed by atoms with Crippen molar-refractivity contribution < 1.29 is 9.90 Å². The number of hydrogen-bond donors (Lipinski definition) is 2. The molecule has 0 aliphatic heterocycles. The Labute approximate surface area is 83.0 Å². The maximum absolute atomic E-state index is 11.3. The minimum absolute atomic E-state index is 0.0429. The highest BCUT2D eigenvalue weighted by atomic mass is 16.3. The number of nitrogens with zero attached hydrogens (tertiary/aromatic N) is 1. The van der Waals surface area contributed by atoms with E-state index in [1.165, 1.54) is 0 Å². The van der Waals surface area contributed by atoms with Gasteiger partial charge in [-0.1, -0.05) is 6.07 Å². The predicted molar refractivity (Wildman–Crippen MR) is 52.6 cm³/mol. The van der Waals surface area contributed by atoms with Crippen LogP contribution in [-0.4, -0.2) is 28.6 Å². The highest BCUT2D eigenvalue weighted by Crippen LogP contribution is 1.96.